The molecule has 1 atom stereocenters. The average Bonchev–Trinajstić information content (AvgIpc) is 2.87. The third kappa shape index (κ3) is 3.33. The molecule has 1 saturated heterocycles. The first-order valence-corrected chi connectivity index (χ1v) is 7.17. The summed E-state index contributed by atoms with van der Waals surface area (Å²) in [5.41, 5.74) is 2.10. The maximum atomic E-state index is 5.72. The van der Waals surface area contributed by atoms with Crippen LogP contribution in [0.25, 0.3) is 5.65 Å². The van der Waals surface area contributed by atoms with Crippen molar-refractivity contribution in [2.75, 3.05) is 13.2 Å². The number of aromatic nitrogens is 2. The molecular formula is C15H21N3O. The van der Waals surface area contributed by atoms with Gasteiger partial charge in [0.05, 0.1) is 11.8 Å². The largest absolute Gasteiger partial charge is 0.378 e. The summed E-state index contributed by atoms with van der Waals surface area (Å²) in [6.07, 6.45) is 9.44. The fraction of sp³-hybridized carbons (Fsp3) is 0.533. The highest BCUT2D eigenvalue weighted by molar-refractivity contribution is 5.39. The lowest BCUT2D eigenvalue weighted by molar-refractivity contribution is 0.0115. The Balaban J connectivity index is 1.44. The number of nitrogens with one attached hydrogen (secondary N) is 1. The highest BCUT2D eigenvalue weighted by Gasteiger charge is 2.12. The summed E-state index contributed by atoms with van der Waals surface area (Å²) in [5.74, 6) is 0. The van der Waals surface area contributed by atoms with Crippen LogP contribution in [0.4, 0.5) is 0 Å². The van der Waals surface area contributed by atoms with Crippen molar-refractivity contribution in [3.05, 3.63) is 36.3 Å². The van der Waals surface area contributed by atoms with Crippen molar-refractivity contribution in [1.82, 2.24) is 14.7 Å². The van der Waals surface area contributed by atoms with Crippen LogP contribution in [0.15, 0.2) is 30.6 Å². The molecule has 1 unspecified atom stereocenters. The Morgan fingerprint density at radius 3 is 3.21 bits per heavy atom. The van der Waals surface area contributed by atoms with Crippen LogP contribution in [0.3, 0.4) is 0 Å². The van der Waals surface area contributed by atoms with Gasteiger partial charge in [0.2, 0.25) is 0 Å². The van der Waals surface area contributed by atoms with E-state index in [-0.39, 0.29) is 0 Å². The predicted octanol–water partition coefficient (Wildman–Crippen LogP) is 2.38. The molecule has 0 bridgehead atoms. The van der Waals surface area contributed by atoms with Gasteiger partial charge in [-0.1, -0.05) is 6.07 Å². The lowest BCUT2D eigenvalue weighted by Crippen LogP contribution is -2.25. The molecule has 19 heavy (non-hydrogen) atoms. The Bertz CT molecular complexity index is 484. The lowest BCUT2D eigenvalue weighted by atomic mass is 10.1. The van der Waals surface area contributed by atoms with Gasteiger partial charge in [-0.3, -0.25) is 0 Å². The molecule has 4 heteroatoms. The fourth-order valence-corrected chi connectivity index (χ4v) is 2.59. The maximum absolute atomic E-state index is 5.72. The van der Waals surface area contributed by atoms with Gasteiger partial charge in [-0.15, -0.1) is 0 Å². The molecule has 0 amide bonds. The molecule has 2 aromatic rings. The first kappa shape index (κ1) is 12.6. The first-order valence-electron chi connectivity index (χ1n) is 7.17. The molecule has 3 rings (SSSR count). The number of hydrogen-bond acceptors (Lipinski definition) is 3. The summed E-state index contributed by atoms with van der Waals surface area (Å²) in [6.45, 7) is 2.77. The van der Waals surface area contributed by atoms with E-state index in [9.17, 15) is 0 Å². The molecular weight excluding hydrogens is 238 g/mol. The van der Waals surface area contributed by atoms with E-state index in [1.165, 1.54) is 19.3 Å². The van der Waals surface area contributed by atoms with E-state index < -0.39 is 0 Å². The summed E-state index contributed by atoms with van der Waals surface area (Å²) >= 11 is 0. The normalized spacial score (nSPS) is 19.9. The van der Waals surface area contributed by atoms with Crippen molar-refractivity contribution in [2.45, 2.75) is 38.3 Å². The summed E-state index contributed by atoms with van der Waals surface area (Å²) < 4.78 is 7.78. The van der Waals surface area contributed by atoms with Gasteiger partial charge in [0.1, 0.15) is 5.65 Å². The van der Waals surface area contributed by atoms with Crippen LogP contribution < -0.4 is 5.32 Å². The average molecular weight is 259 g/mol. The van der Waals surface area contributed by atoms with E-state index in [1.54, 1.807) is 0 Å². The molecule has 1 fully saturated rings. The first-order chi connectivity index (χ1) is 9.42. The van der Waals surface area contributed by atoms with Gasteiger partial charge < -0.3 is 14.5 Å². The second-order valence-electron chi connectivity index (χ2n) is 5.15. The topological polar surface area (TPSA) is 38.6 Å². The fourth-order valence-electron chi connectivity index (χ4n) is 2.59. The van der Waals surface area contributed by atoms with Crippen molar-refractivity contribution in [2.24, 2.45) is 0 Å². The zero-order valence-corrected chi connectivity index (χ0v) is 11.2. The Labute approximate surface area is 113 Å². The molecule has 1 N–H and O–H groups in total. The van der Waals surface area contributed by atoms with E-state index in [2.05, 4.69) is 20.9 Å². The maximum Gasteiger partial charge on any atom is 0.137 e. The number of fused-ring (bicyclic) bond motifs is 1. The molecule has 4 nitrogen and oxygen atoms in total. The zero-order chi connectivity index (χ0) is 12.9. The molecule has 0 aromatic carbocycles. The van der Waals surface area contributed by atoms with Crippen molar-refractivity contribution in [3.8, 4) is 0 Å². The van der Waals surface area contributed by atoms with E-state index >= 15 is 0 Å². The van der Waals surface area contributed by atoms with Crippen molar-refractivity contribution in [3.63, 3.8) is 0 Å². The molecule has 1 aliphatic heterocycles. The summed E-state index contributed by atoms with van der Waals surface area (Å²) in [7, 11) is 0. The van der Waals surface area contributed by atoms with E-state index in [1.807, 2.05) is 24.4 Å². The monoisotopic (exact) mass is 259 g/mol. The molecule has 3 heterocycles. The molecule has 0 aliphatic carbocycles. The summed E-state index contributed by atoms with van der Waals surface area (Å²) in [6, 6.07) is 6.06. The Morgan fingerprint density at radius 2 is 2.37 bits per heavy atom. The van der Waals surface area contributed by atoms with Gasteiger partial charge >= 0.3 is 0 Å². The molecule has 0 radical (unpaired) electrons. The number of ether oxygens (including phenoxy) is 1. The molecule has 0 saturated carbocycles. The summed E-state index contributed by atoms with van der Waals surface area (Å²) in [4.78, 5) is 4.57. The minimum Gasteiger partial charge on any atom is -0.378 e. The van der Waals surface area contributed by atoms with Crippen LogP contribution in [-0.4, -0.2) is 28.6 Å². The number of rotatable bonds is 5. The summed E-state index contributed by atoms with van der Waals surface area (Å²) in [5, 5.41) is 3.45. The van der Waals surface area contributed by atoms with Crippen LogP contribution in [0.2, 0.25) is 0 Å². The van der Waals surface area contributed by atoms with Crippen LogP contribution in [0.5, 0.6) is 0 Å². The van der Waals surface area contributed by atoms with Crippen LogP contribution in [-0.2, 0) is 11.3 Å². The number of nitrogens with zero attached hydrogens (tertiary/aromatic N) is 2. The van der Waals surface area contributed by atoms with Gasteiger partial charge in [0, 0.05) is 25.5 Å². The number of pyridine rings is 1. The smallest absolute Gasteiger partial charge is 0.137 e. The molecule has 0 spiro atoms. The lowest BCUT2D eigenvalue weighted by Gasteiger charge is -2.22. The predicted molar refractivity (Wildman–Crippen MR) is 75.1 cm³/mol. The van der Waals surface area contributed by atoms with Crippen molar-refractivity contribution >= 4 is 5.65 Å². The van der Waals surface area contributed by atoms with Gasteiger partial charge in [0.15, 0.2) is 0 Å². The second-order valence-corrected chi connectivity index (χ2v) is 5.15. The molecule has 1 aliphatic rings. The molecule has 102 valence electrons. The Kier molecular flexibility index (Phi) is 4.10. The van der Waals surface area contributed by atoms with Gasteiger partial charge in [0.25, 0.3) is 0 Å². The van der Waals surface area contributed by atoms with Crippen molar-refractivity contribution < 1.29 is 4.74 Å². The van der Waals surface area contributed by atoms with E-state index in [0.29, 0.717) is 6.10 Å². The van der Waals surface area contributed by atoms with Crippen LogP contribution >= 0.6 is 0 Å². The zero-order valence-electron chi connectivity index (χ0n) is 11.2. The van der Waals surface area contributed by atoms with E-state index in [4.69, 9.17) is 4.74 Å². The minimum atomic E-state index is 0.460. The quantitative estimate of drug-likeness (QED) is 0.838. The molecule has 2 aromatic heterocycles. The third-order valence-corrected chi connectivity index (χ3v) is 3.64. The Morgan fingerprint density at radius 1 is 1.37 bits per heavy atom. The third-order valence-electron chi connectivity index (χ3n) is 3.64. The van der Waals surface area contributed by atoms with Gasteiger partial charge in [-0.2, -0.15) is 0 Å². The van der Waals surface area contributed by atoms with E-state index in [0.717, 1.165) is 37.5 Å². The SMILES string of the molecule is c1ccn2cc(CNCCC3CCCCO3)nc2c1. The highest BCUT2D eigenvalue weighted by atomic mass is 16.5. The van der Waals surface area contributed by atoms with Crippen LogP contribution in [0.1, 0.15) is 31.4 Å². The van der Waals surface area contributed by atoms with Crippen molar-refractivity contribution in [1.29, 1.82) is 0 Å². The Hall–Kier alpha value is -1.39. The number of imidazole rings is 1. The van der Waals surface area contributed by atoms with Gasteiger partial charge in [-0.25, -0.2) is 4.98 Å². The van der Waals surface area contributed by atoms with Gasteiger partial charge in [-0.05, 0) is 44.4 Å². The highest BCUT2D eigenvalue weighted by Crippen LogP contribution is 2.14. The second kappa shape index (κ2) is 6.17. The van der Waals surface area contributed by atoms with Crippen LogP contribution in [0, 0.1) is 0 Å². The minimum absolute atomic E-state index is 0.460. The number of hydrogen-bond donors (Lipinski definition) is 1. The standard InChI is InChI=1S/C15H21N3O/c1-3-9-18-12-13(17-15(18)6-1)11-16-8-7-14-5-2-4-10-19-14/h1,3,6,9,12,14,16H,2,4-5,7-8,10-11H2.